The second kappa shape index (κ2) is 8.36. The number of sulfonamides is 1. The molecule has 0 heterocycles. The van der Waals surface area contributed by atoms with E-state index in [-0.39, 0.29) is 6.54 Å². The van der Waals surface area contributed by atoms with Crippen molar-refractivity contribution in [1.82, 2.24) is 4.72 Å². The number of benzene rings is 1. The van der Waals surface area contributed by atoms with Crippen LogP contribution in [0.5, 0.6) is 0 Å². The van der Waals surface area contributed by atoms with Crippen LogP contribution in [0.2, 0.25) is 0 Å². The van der Waals surface area contributed by atoms with Gasteiger partial charge in [-0.25, -0.2) is 13.1 Å². The van der Waals surface area contributed by atoms with E-state index in [4.69, 9.17) is 4.74 Å². The van der Waals surface area contributed by atoms with Gasteiger partial charge < -0.3 is 10.1 Å². The number of rotatable bonds is 9. The Labute approximate surface area is 128 Å². The molecular formula is C15H26N2O3S. The summed E-state index contributed by atoms with van der Waals surface area (Å²) < 4.78 is 32.5. The molecule has 0 aliphatic carbocycles. The van der Waals surface area contributed by atoms with Crippen molar-refractivity contribution in [3.8, 4) is 0 Å². The molecule has 0 radical (unpaired) electrons. The van der Waals surface area contributed by atoms with Crippen molar-refractivity contribution in [3.05, 3.63) is 23.3 Å². The maximum absolute atomic E-state index is 12.4. The minimum Gasteiger partial charge on any atom is -0.385 e. The van der Waals surface area contributed by atoms with Gasteiger partial charge in [-0.2, -0.15) is 0 Å². The second-order valence-corrected chi connectivity index (χ2v) is 6.66. The van der Waals surface area contributed by atoms with Gasteiger partial charge in [-0.15, -0.1) is 0 Å². The molecule has 0 spiro atoms. The van der Waals surface area contributed by atoms with Crippen LogP contribution in [0.1, 0.15) is 31.4 Å². The van der Waals surface area contributed by atoms with Crippen LogP contribution < -0.4 is 10.0 Å². The molecule has 6 heteroatoms. The zero-order valence-electron chi connectivity index (χ0n) is 13.3. The average molecular weight is 314 g/mol. The number of hydrogen-bond donors (Lipinski definition) is 2. The third kappa shape index (κ3) is 5.30. The first-order valence-electron chi connectivity index (χ1n) is 7.34. The number of aryl methyl sites for hydroxylation is 2. The molecule has 0 aliphatic heterocycles. The molecule has 120 valence electrons. The zero-order chi connectivity index (χ0) is 15.9. The van der Waals surface area contributed by atoms with Gasteiger partial charge in [-0.05, 0) is 50.5 Å². The lowest BCUT2D eigenvalue weighted by molar-refractivity contribution is 0.153. The minimum absolute atomic E-state index is 0.283. The first kappa shape index (κ1) is 17.9. The fourth-order valence-electron chi connectivity index (χ4n) is 2.21. The van der Waals surface area contributed by atoms with Crippen molar-refractivity contribution in [2.24, 2.45) is 0 Å². The average Bonchev–Trinajstić information content (AvgIpc) is 2.40. The summed E-state index contributed by atoms with van der Waals surface area (Å²) in [6.07, 6.45) is 1.02. The minimum atomic E-state index is -3.50. The molecule has 5 nitrogen and oxygen atoms in total. The van der Waals surface area contributed by atoms with Gasteiger partial charge in [0, 0.05) is 25.4 Å². The van der Waals surface area contributed by atoms with Crippen LogP contribution in [-0.4, -0.2) is 34.7 Å². The first-order chi connectivity index (χ1) is 9.92. The Hall–Kier alpha value is -1.11. The highest BCUT2D eigenvalue weighted by molar-refractivity contribution is 7.89. The maximum Gasteiger partial charge on any atom is 0.241 e. The van der Waals surface area contributed by atoms with Gasteiger partial charge in [0.05, 0.1) is 11.5 Å². The number of ether oxygens (including phenoxy) is 1. The highest BCUT2D eigenvalue weighted by Crippen LogP contribution is 2.24. The topological polar surface area (TPSA) is 67.4 Å². The fraction of sp³-hybridized carbons (Fsp3) is 0.600. The van der Waals surface area contributed by atoms with Crippen molar-refractivity contribution in [2.75, 3.05) is 31.6 Å². The lowest BCUT2D eigenvalue weighted by Crippen LogP contribution is -2.28. The van der Waals surface area contributed by atoms with Gasteiger partial charge in [0.25, 0.3) is 0 Å². The smallest absolute Gasteiger partial charge is 0.241 e. The van der Waals surface area contributed by atoms with Gasteiger partial charge in [-0.3, -0.25) is 0 Å². The summed E-state index contributed by atoms with van der Waals surface area (Å²) in [6.45, 7) is 9.73. The van der Waals surface area contributed by atoms with E-state index in [1.165, 1.54) is 0 Å². The molecule has 0 bridgehead atoms. The number of nitrogens with one attached hydrogen (secondary N) is 2. The molecule has 0 unspecified atom stereocenters. The SMILES string of the molecule is CCCNc1cc(C)c(S(=O)(=O)NCCOCC)c(C)c1. The summed E-state index contributed by atoms with van der Waals surface area (Å²) in [5.41, 5.74) is 2.45. The Morgan fingerprint density at radius 1 is 1.10 bits per heavy atom. The summed E-state index contributed by atoms with van der Waals surface area (Å²) in [6, 6.07) is 3.75. The molecule has 0 saturated carbocycles. The predicted octanol–water partition coefficient (Wildman–Crippen LogP) is 2.44. The Bertz CT molecular complexity index is 533. The zero-order valence-corrected chi connectivity index (χ0v) is 14.1. The first-order valence-corrected chi connectivity index (χ1v) is 8.83. The van der Waals surface area contributed by atoms with Crippen molar-refractivity contribution in [1.29, 1.82) is 0 Å². The fourth-order valence-corrected chi connectivity index (χ4v) is 3.67. The van der Waals surface area contributed by atoms with E-state index in [1.807, 2.05) is 32.9 Å². The molecule has 0 saturated heterocycles. The number of anilines is 1. The van der Waals surface area contributed by atoms with Gasteiger partial charge in [0.1, 0.15) is 0 Å². The molecule has 0 fully saturated rings. The van der Waals surface area contributed by atoms with E-state index in [1.54, 1.807) is 0 Å². The monoisotopic (exact) mass is 314 g/mol. The summed E-state index contributed by atoms with van der Waals surface area (Å²) in [7, 11) is -3.50. The van der Waals surface area contributed by atoms with Gasteiger partial charge in [0.15, 0.2) is 0 Å². The highest BCUT2D eigenvalue weighted by Gasteiger charge is 2.19. The molecule has 1 aromatic rings. The summed E-state index contributed by atoms with van der Waals surface area (Å²) >= 11 is 0. The lowest BCUT2D eigenvalue weighted by Gasteiger charge is -2.15. The maximum atomic E-state index is 12.4. The predicted molar refractivity (Wildman–Crippen MR) is 86.4 cm³/mol. The van der Waals surface area contributed by atoms with Crippen LogP contribution in [-0.2, 0) is 14.8 Å². The second-order valence-electron chi connectivity index (χ2n) is 4.96. The summed E-state index contributed by atoms with van der Waals surface area (Å²) in [4.78, 5) is 0.362. The third-order valence-electron chi connectivity index (χ3n) is 3.05. The standard InChI is InChI=1S/C15H26N2O3S/c1-5-7-16-14-10-12(3)15(13(4)11-14)21(18,19)17-8-9-20-6-2/h10-11,16-17H,5-9H2,1-4H3. The van der Waals surface area contributed by atoms with Crippen LogP contribution in [0.15, 0.2) is 17.0 Å². The van der Waals surface area contributed by atoms with Crippen LogP contribution >= 0.6 is 0 Å². The lowest BCUT2D eigenvalue weighted by atomic mass is 10.1. The largest absolute Gasteiger partial charge is 0.385 e. The molecule has 2 N–H and O–H groups in total. The van der Waals surface area contributed by atoms with Crippen molar-refractivity contribution < 1.29 is 13.2 Å². The van der Waals surface area contributed by atoms with E-state index >= 15 is 0 Å². The van der Waals surface area contributed by atoms with Crippen molar-refractivity contribution in [2.45, 2.75) is 39.0 Å². The Morgan fingerprint density at radius 2 is 1.71 bits per heavy atom. The van der Waals surface area contributed by atoms with Crippen LogP contribution in [0.3, 0.4) is 0 Å². The molecule has 1 aromatic carbocycles. The van der Waals surface area contributed by atoms with Crippen molar-refractivity contribution >= 4 is 15.7 Å². The Morgan fingerprint density at radius 3 is 2.24 bits per heavy atom. The molecule has 0 atom stereocenters. The normalized spacial score (nSPS) is 11.6. The Kier molecular flexibility index (Phi) is 7.14. The summed E-state index contributed by atoms with van der Waals surface area (Å²) in [5.74, 6) is 0. The molecular weight excluding hydrogens is 288 g/mol. The Balaban J connectivity index is 2.91. The molecule has 0 aromatic heterocycles. The molecule has 21 heavy (non-hydrogen) atoms. The third-order valence-corrected chi connectivity index (χ3v) is 4.82. The van der Waals surface area contributed by atoms with Gasteiger partial charge in [-0.1, -0.05) is 6.92 Å². The van der Waals surface area contributed by atoms with Gasteiger partial charge >= 0.3 is 0 Å². The van der Waals surface area contributed by atoms with E-state index in [0.717, 1.165) is 29.8 Å². The van der Waals surface area contributed by atoms with Gasteiger partial charge in [0.2, 0.25) is 10.0 Å². The van der Waals surface area contributed by atoms with E-state index < -0.39 is 10.0 Å². The number of hydrogen-bond acceptors (Lipinski definition) is 4. The molecule has 1 rings (SSSR count). The van der Waals surface area contributed by atoms with E-state index in [0.29, 0.717) is 18.1 Å². The van der Waals surface area contributed by atoms with E-state index in [2.05, 4.69) is 17.0 Å². The molecule has 0 amide bonds. The van der Waals surface area contributed by atoms with Crippen LogP contribution in [0.4, 0.5) is 5.69 Å². The van der Waals surface area contributed by atoms with Crippen LogP contribution in [0.25, 0.3) is 0 Å². The van der Waals surface area contributed by atoms with E-state index in [9.17, 15) is 8.42 Å². The highest BCUT2D eigenvalue weighted by atomic mass is 32.2. The van der Waals surface area contributed by atoms with Crippen molar-refractivity contribution in [3.63, 3.8) is 0 Å². The summed E-state index contributed by atoms with van der Waals surface area (Å²) in [5, 5.41) is 3.28. The van der Waals surface area contributed by atoms with Crippen LogP contribution in [0, 0.1) is 13.8 Å². The quantitative estimate of drug-likeness (QED) is 0.687. The molecule has 0 aliphatic rings.